The summed E-state index contributed by atoms with van der Waals surface area (Å²) in [5.74, 6) is 0.806. The fourth-order valence-electron chi connectivity index (χ4n) is 2.40. The van der Waals surface area contributed by atoms with E-state index in [1.807, 2.05) is 43.3 Å². The van der Waals surface area contributed by atoms with Gasteiger partial charge in [-0.1, -0.05) is 12.1 Å². The van der Waals surface area contributed by atoms with E-state index in [1.165, 1.54) is 0 Å². The van der Waals surface area contributed by atoms with E-state index in [4.69, 9.17) is 0 Å². The summed E-state index contributed by atoms with van der Waals surface area (Å²) < 4.78 is 0. The average molecular weight is 321 g/mol. The molecule has 6 heteroatoms. The molecule has 1 amide bonds. The van der Waals surface area contributed by atoms with Crippen LogP contribution in [0.1, 0.15) is 31.2 Å². The van der Waals surface area contributed by atoms with Crippen molar-refractivity contribution < 1.29 is 4.79 Å². The lowest BCUT2D eigenvalue weighted by molar-refractivity contribution is -0.121. The van der Waals surface area contributed by atoms with Crippen molar-refractivity contribution >= 4 is 22.7 Å². The average Bonchev–Trinajstić information content (AvgIpc) is 3.03. The highest BCUT2D eigenvalue weighted by Crippen LogP contribution is 2.11. The van der Waals surface area contributed by atoms with Crippen molar-refractivity contribution in [3.63, 3.8) is 0 Å². The Hall–Kier alpha value is -3.02. The third-order valence-corrected chi connectivity index (χ3v) is 3.70. The fourth-order valence-corrected chi connectivity index (χ4v) is 2.40. The van der Waals surface area contributed by atoms with Gasteiger partial charge in [0.1, 0.15) is 5.82 Å². The smallest absolute Gasteiger partial charge is 0.240 e. The van der Waals surface area contributed by atoms with Gasteiger partial charge in [-0.05, 0) is 37.6 Å². The van der Waals surface area contributed by atoms with E-state index in [0.29, 0.717) is 6.42 Å². The van der Waals surface area contributed by atoms with Crippen molar-refractivity contribution in [2.24, 2.45) is 5.10 Å². The lowest BCUT2D eigenvalue weighted by atomic mass is 10.2. The van der Waals surface area contributed by atoms with Crippen molar-refractivity contribution in [3.05, 3.63) is 60.2 Å². The normalized spacial score (nSPS) is 11.6. The molecule has 2 aromatic heterocycles. The predicted molar refractivity (Wildman–Crippen MR) is 93.6 cm³/mol. The Balaban J connectivity index is 1.47. The highest BCUT2D eigenvalue weighted by atomic mass is 16.2. The van der Waals surface area contributed by atoms with Gasteiger partial charge in [0.25, 0.3) is 0 Å². The topological polar surface area (TPSA) is 83.0 Å². The van der Waals surface area contributed by atoms with Crippen molar-refractivity contribution in [3.8, 4) is 0 Å². The molecule has 6 nitrogen and oxygen atoms in total. The summed E-state index contributed by atoms with van der Waals surface area (Å²) in [5.41, 5.74) is 6.26. The molecule has 0 saturated carbocycles. The number of nitrogens with zero attached hydrogens (tertiary/aromatic N) is 3. The number of carbonyl (C=O) groups is 1. The summed E-state index contributed by atoms with van der Waals surface area (Å²) in [6.07, 6.45) is 5.25. The van der Waals surface area contributed by atoms with Gasteiger partial charge in [-0.15, -0.1) is 0 Å². The minimum atomic E-state index is -0.0977. The second-order valence-corrected chi connectivity index (χ2v) is 5.52. The molecule has 0 aliphatic carbocycles. The summed E-state index contributed by atoms with van der Waals surface area (Å²) in [5, 5.41) is 4.12. The molecule has 3 rings (SSSR count). The molecule has 0 radical (unpaired) electrons. The van der Waals surface area contributed by atoms with Crippen LogP contribution in [0.3, 0.4) is 0 Å². The minimum Gasteiger partial charge on any atom is -0.342 e. The Morgan fingerprint density at radius 3 is 2.79 bits per heavy atom. The van der Waals surface area contributed by atoms with Gasteiger partial charge in [-0.3, -0.25) is 9.78 Å². The Kier molecular flexibility index (Phi) is 4.96. The van der Waals surface area contributed by atoms with Gasteiger partial charge < -0.3 is 4.98 Å². The van der Waals surface area contributed by atoms with Crippen molar-refractivity contribution in [1.29, 1.82) is 0 Å². The van der Waals surface area contributed by atoms with Crippen LogP contribution in [0.5, 0.6) is 0 Å². The Labute approximate surface area is 140 Å². The molecular formula is C18H19N5O. The van der Waals surface area contributed by atoms with E-state index in [2.05, 4.69) is 25.5 Å². The number of aryl methyl sites for hydroxylation is 1. The van der Waals surface area contributed by atoms with Gasteiger partial charge in [0.05, 0.1) is 16.7 Å². The molecule has 2 heterocycles. The van der Waals surface area contributed by atoms with Gasteiger partial charge in [0, 0.05) is 30.8 Å². The van der Waals surface area contributed by atoms with Crippen LogP contribution >= 0.6 is 0 Å². The van der Waals surface area contributed by atoms with Gasteiger partial charge >= 0.3 is 0 Å². The fraction of sp³-hybridized carbons (Fsp3) is 0.222. The number of hydrazone groups is 1. The molecule has 0 fully saturated rings. The molecule has 0 spiro atoms. The van der Waals surface area contributed by atoms with E-state index in [-0.39, 0.29) is 5.91 Å². The first-order valence-electron chi connectivity index (χ1n) is 7.89. The van der Waals surface area contributed by atoms with E-state index >= 15 is 0 Å². The van der Waals surface area contributed by atoms with E-state index in [9.17, 15) is 4.79 Å². The van der Waals surface area contributed by atoms with E-state index < -0.39 is 0 Å². The van der Waals surface area contributed by atoms with Gasteiger partial charge in [0.2, 0.25) is 5.91 Å². The number of amides is 1. The molecule has 0 bridgehead atoms. The summed E-state index contributed by atoms with van der Waals surface area (Å²) in [6.45, 7) is 1.85. The van der Waals surface area contributed by atoms with E-state index in [0.717, 1.165) is 41.0 Å². The maximum absolute atomic E-state index is 11.9. The van der Waals surface area contributed by atoms with Crippen LogP contribution in [0.4, 0.5) is 0 Å². The minimum absolute atomic E-state index is 0.0977. The lowest BCUT2D eigenvalue weighted by Gasteiger charge is -2.02. The quantitative estimate of drug-likeness (QED) is 0.541. The number of benzene rings is 1. The van der Waals surface area contributed by atoms with Gasteiger partial charge in [0.15, 0.2) is 0 Å². The maximum Gasteiger partial charge on any atom is 0.240 e. The van der Waals surface area contributed by atoms with Crippen LogP contribution in [0, 0.1) is 0 Å². The summed E-state index contributed by atoms with van der Waals surface area (Å²) in [7, 11) is 0. The number of aromatic amines is 1. The van der Waals surface area contributed by atoms with Gasteiger partial charge in [-0.2, -0.15) is 5.10 Å². The highest BCUT2D eigenvalue weighted by molar-refractivity contribution is 5.99. The number of hydrogen-bond donors (Lipinski definition) is 2. The lowest BCUT2D eigenvalue weighted by Crippen LogP contribution is -2.19. The predicted octanol–water partition coefficient (Wildman–Crippen LogP) is 2.82. The Morgan fingerprint density at radius 1 is 1.21 bits per heavy atom. The molecule has 2 N–H and O–H groups in total. The third-order valence-electron chi connectivity index (χ3n) is 3.70. The highest BCUT2D eigenvalue weighted by Gasteiger charge is 2.05. The maximum atomic E-state index is 11.9. The molecule has 0 aliphatic heterocycles. The molecule has 24 heavy (non-hydrogen) atoms. The zero-order chi connectivity index (χ0) is 16.8. The van der Waals surface area contributed by atoms with Crippen molar-refractivity contribution in [2.75, 3.05) is 0 Å². The molecule has 3 aromatic rings. The Morgan fingerprint density at radius 2 is 2.00 bits per heavy atom. The number of carbonyl (C=O) groups excluding carboxylic acids is 1. The van der Waals surface area contributed by atoms with Crippen LogP contribution in [0.15, 0.2) is 53.9 Å². The summed E-state index contributed by atoms with van der Waals surface area (Å²) in [6, 6.07) is 11.6. The number of rotatable bonds is 6. The molecule has 0 aliphatic rings. The largest absolute Gasteiger partial charge is 0.342 e. The number of imidazole rings is 1. The number of fused-ring (bicyclic) bond motifs is 1. The number of hydrogen-bond acceptors (Lipinski definition) is 4. The van der Waals surface area contributed by atoms with Gasteiger partial charge in [-0.25, -0.2) is 10.4 Å². The zero-order valence-electron chi connectivity index (χ0n) is 13.5. The van der Waals surface area contributed by atoms with Crippen molar-refractivity contribution in [2.45, 2.75) is 26.2 Å². The number of H-pyrrole nitrogens is 1. The number of aromatic nitrogens is 3. The molecular weight excluding hydrogens is 302 g/mol. The standard InChI is InChI=1S/C18H19N5O/c1-13(14-9-11-19-12-10-14)22-23-18(24)8-4-7-17-20-15-5-2-3-6-16(15)21-17/h2-3,5-6,9-12H,4,7-8H2,1H3,(H,20,21)(H,23,24). The van der Waals surface area contributed by atoms with E-state index in [1.54, 1.807) is 12.4 Å². The molecule has 0 unspecified atom stereocenters. The van der Waals surface area contributed by atoms with Crippen LogP contribution in [-0.4, -0.2) is 26.6 Å². The first-order valence-corrected chi connectivity index (χ1v) is 7.89. The molecule has 1 aromatic carbocycles. The number of pyridine rings is 1. The first-order chi connectivity index (χ1) is 11.7. The molecule has 0 atom stereocenters. The second kappa shape index (κ2) is 7.50. The van der Waals surface area contributed by atoms with Crippen LogP contribution in [0.2, 0.25) is 0 Å². The molecule has 0 saturated heterocycles. The number of nitrogens with one attached hydrogen (secondary N) is 2. The molecule has 122 valence electrons. The first kappa shape index (κ1) is 15.9. The summed E-state index contributed by atoms with van der Waals surface area (Å²) >= 11 is 0. The zero-order valence-corrected chi connectivity index (χ0v) is 13.5. The summed E-state index contributed by atoms with van der Waals surface area (Å²) in [4.78, 5) is 23.6. The Bertz CT molecular complexity index is 821. The monoisotopic (exact) mass is 321 g/mol. The SMILES string of the molecule is CC(=NNC(=O)CCCc1nc2ccccc2[nH]1)c1ccncc1. The van der Waals surface area contributed by atoms with Crippen LogP contribution in [-0.2, 0) is 11.2 Å². The third kappa shape index (κ3) is 4.04. The second-order valence-electron chi connectivity index (χ2n) is 5.52. The van der Waals surface area contributed by atoms with Crippen molar-refractivity contribution in [1.82, 2.24) is 20.4 Å². The van der Waals surface area contributed by atoms with Crippen LogP contribution < -0.4 is 5.43 Å². The van der Waals surface area contributed by atoms with Crippen LogP contribution in [0.25, 0.3) is 11.0 Å². The number of para-hydroxylation sites is 2.